The molecule has 0 aliphatic carbocycles. The molecule has 24 heavy (non-hydrogen) atoms. The summed E-state index contributed by atoms with van der Waals surface area (Å²) >= 11 is 0. The van der Waals surface area contributed by atoms with Crippen molar-refractivity contribution in [2.75, 3.05) is 13.1 Å². The van der Waals surface area contributed by atoms with Gasteiger partial charge in [-0.3, -0.25) is 9.69 Å². The first-order valence-electron chi connectivity index (χ1n) is 8.49. The highest BCUT2D eigenvalue weighted by Gasteiger charge is 2.31. The summed E-state index contributed by atoms with van der Waals surface area (Å²) in [7, 11) is 0. The lowest BCUT2D eigenvalue weighted by molar-refractivity contribution is -0.124. The zero-order chi connectivity index (χ0) is 16.9. The van der Waals surface area contributed by atoms with E-state index in [2.05, 4.69) is 22.3 Å². The van der Waals surface area contributed by atoms with Gasteiger partial charge >= 0.3 is 0 Å². The molecule has 1 aliphatic rings. The molecule has 0 radical (unpaired) electrons. The maximum absolute atomic E-state index is 12.3. The van der Waals surface area contributed by atoms with Crippen LogP contribution in [0.5, 0.6) is 0 Å². The first-order chi connectivity index (χ1) is 11.6. The van der Waals surface area contributed by atoms with Gasteiger partial charge in [0.2, 0.25) is 5.91 Å². The molecule has 128 valence electrons. The number of hydrogen-bond acceptors (Lipinski definition) is 3. The van der Waals surface area contributed by atoms with Crippen LogP contribution in [-0.4, -0.2) is 45.7 Å². The van der Waals surface area contributed by atoms with Crippen LogP contribution in [0.3, 0.4) is 0 Å². The SMILES string of the molecule is CC(C(=O)NCC1CC(O)CN1Cc1ccccc1)n1cccc1. The predicted octanol–water partition coefficient (Wildman–Crippen LogP) is 1.80. The van der Waals surface area contributed by atoms with Gasteiger partial charge in [-0.05, 0) is 31.0 Å². The van der Waals surface area contributed by atoms with Crippen molar-refractivity contribution in [3.63, 3.8) is 0 Å². The second kappa shape index (κ2) is 7.64. The molecule has 1 fully saturated rings. The molecule has 1 aliphatic heterocycles. The summed E-state index contributed by atoms with van der Waals surface area (Å²) in [5.41, 5.74) is 1.23. The van der Waals surface area contributed by atoms with E-state index in [1.165, 1.54) is 5.56 Å². The number of amides is 1. The van der Waals surface area contributed by atoms with Crippen molar-refractivity contribution in [1.29, 1.82) is 0 Å². The van der Waals surface area contributed by atoms with Crippen LogP contribution >= 0.6 is 0 Å². The number of rotatable bonds is 6. The number of nitrogens with zero attached hydrogens (tertiary/aromatic N) is 2. The van der Waals surface area contributed by atoms with Crippen LogP contribution in [0, 0.1) is 0 Å². The summed E-state index contributed by atoms with van der Waals surface area (Å²) in [4.78, 5) is 14.6. The lowest BCUT2D eigenvalue weighted by Crippen LogP contribution is -2.41. The van der Waals surface area contributed by atoms with Gasteiger partial charge in [0.15, 0.2) is 0 Å². The highest BCUT2D eigenvalue weighted by Crippen LogP contribution is 2.20. The summed E-state index contributed by atoms with van der Waals surface area (Å²) in [5.74, 6) is 0.00671. The quantitative estimate of drug-likeness (QED) is 0.851. The van der Waals surface area contributed by atoms with Crippen molar-refractivity contribution in [2.24, 2.45) is 0 Å². The molecule has 1 amide bonds. The highest BCUT2D eigenvalue weighted by molar-refractivity contribution is 5.79. The summed E-state index contributed by atoms with van der Waals surface area (Å²) in [6.07, 6.45) is 4.17. The number of nitrogens with one attached hydrogen (secondary N) is 1. The van der Waals surface area contributed by atoms with Gasteiger partial charge in [0.05, 0.1) is 6.10 Å². The minimum atomic E-state index is -0.322. The van der Waals surface area contributed by atoms with Gasteiger partial charge in [-0.15, -0.1) is 0 Å². The Morgan fingerprint density at radius 2 is 1.96 bits per heavy atom. The second-order valence-electron chi connectivity index (χ2n) is 6.51. The normalized spacial score (nSPS) is 22.4. The maximum atomic E-state index is 12.3. The van der Waals surface area contributed by atoms with E-state index < -0.39 is 0 Å². The van der Waals surface area contributed by atoms with Crippen LogP contribution in [-0.2, 0) is 11.3 Å². The van der Waals surface area contributed by atoms with E-state index in [1.807, 2.05) is 54.2 Å². The molecule has 2 heterocycles. The van der Waals surface area contributed by atoms with Crippen molar-refractivity contribution in [2.45, 2.75) is 38.1 Å². The van der Waals surface area contributed by atoms with Crippen LogP contribution in [0.1, 0.15) is 24.9 Å². The van der Waals surface area contributed by atoms with Crippen molar-refractivity contribution in [3.8, 4) is 0 Å². The summed E-state index contributed by atoms with van der Waals surface area (Å²) in [6, 6.07) is 14.0. The number of β-amino-alcohol motifs (C(OH)–C–C–N with tert-alkyl or cyclic N) is 1. The molecule has 2 aromatic rings. The van der Waals surface area contributed by atoms with Crippen molar-refractivity contribution in [3.05, 3.63) is 60.4 Å². The topological polar surface area (TPSA) is 57.5 Å². The smallest absolute Gasteiger partial charge is 0.242 e. The number of aliphatic hydroxyl groups excluding tert-OH is 1. The molecule has 0 spiro atoms. The van der Waals surface area contributed by atoms with Crippen LogP contribution in [0.2, 0.25) is 0 Å². The first-order valence-corrected chi connectivity index (χ1v) is 8.49. The first kappa shape index (κ1) is 16.7. The fourth-order valence-electron chi connectivity index (χ4n) is 3.29. The van der Waals surface area contributed by atoms with Crippen LogP contribution in [0.4, 0.5) is 0 Å². The molecule has 5 heteroatoms. The Hall–Kier alpha value is -2.11. The molecule has 0 saturated carbocycles. The van der Waals surface area contributed by atoms with Gasteiger partial charge in [-0.1, -0.05) is 30.3 Å². The van der Waals surface area contributed by atoms with Gasteiger partial charge in [0, 0.05) is 38.1 Å². The van der Waals surface area contributed by atoms with Crippen LogP contribution < -0.4 is 5.32 Å². The lowest BCUT2D eigenvalue weighted by Gasteiger charge is -2.25. The van der Waals surface area contributed by atoms with E-state index in [0.717, 1.165) is 6.54 Å². The van der Waals surface area contributed by atoms with Crippen LogP contribution in [0.15, 0.2) is 54.9 Å². The average molecular weight is 327 g/mol. The molecule has 3 atom stereocenters. The van der Waals surface area contributed by atoms with E-state index >= 15 is 0 Å². The molecule has 5 nitrogen and oxygen atoms in total. The van der Waals surface area contributed by atoms with E-state index in [-0.39, 0.29) is 24.1 Å². The third-order valence-corrected chi connectivity index (χ3v) is 4.70. The Bertz CT molecular complexity index is 642. The van der Waals surface area contributed by atoms with Gasteiger partial charge < -0.3 is 15.0 Å². The highest BCUT2D eigenvalue weighted by atomic mass is 16.3. The third kappa shape index (κ3) is 4.04. The van der Waals surface area contributed by atoms with E-state index in [1.54, 1.807) is 0 Å². The number of likely N-dealkylation sites (tertiary alicyclic amines) is 1. The predicted molar refractivity (Wildman–Crippen MR) is 93.4 cm³/mol. The lowest BCUT2D eigenvalue weighted by atomic mass is 10.1. The summed E-state index contributed by atoms with van der Waals surface area (Å²) < 4.78 is 1.89. The number of hydrogen-bond donors (Lipinski definition) is 2. The zero-order valence-corrected chi connectivity index (χ0v) is 14.0. The molecular weight excluding hydrogens is 302 g/mol. The second-order valence-corrected chi connectivity index (χ2v) is 6.51. The Morgan fingerprint density at radius 1 is 1.25 bits per heavy atom. The molecule has 3 rings (SSSR count). The van der Waals surface area contributed by atoms with E-state index in [0.29, 0.717) is 19.5 Å². The standard InChI is InChI=1S/C19H25N3O2/c1-15(21-9-5-6-10-21)19(24)20-12-17-11-18(23)14-22(17)13-16-7-3-2-4-8-16/h2-10,15,17-18,23H,11-14H2,1H3,(H,20,24). The van der Waals surface area contributed by atoms with Gasteiger partial charge in [0.25, 0.3) is 0 Å². The molecule has 1 aromatic carbocycles. The summed E-state index contributed by atoms with van der Waals surface area (Å²) in [6.45, 7) is 3.91. The molecule has 1 aromatic heterocycles. The number of aliphatic hydroxyl groups is 1. The Labute approximate surface area is 142 Å². The fourth-order valence-corrected chi connectivity index (χ4v) is 3.29. The molecular formula is C19H25N3O2. The Kier molecular flexibility index (Phi) is 5.33. The average Bonchev–Trinajstić information content (AvgIpc) is 3.23. The monoisotopic (exact) mass is 327 g/mol. The number of benzene rings is 1. The van der Waals surface area contributed by atoms with Crippen LogP contribution in [0.25, 0.3) is 0 Å². The number of aromatic nitrogens is 1. The third-order valence-electron chi connectivity index (χ3n) is 4.70. The Morgan fingerprint density at radius 3 is 2.67 bits per heavy atom. The molecule has 1 saturated heterocycles. The minimum Gasteiger partial charge on any atom is -0.392 e. The molecule has 3 unspecified atom stereocenters. The fraction of sp³-hybridized carbons (Fsp3) is 0.421. The van der Waals surface area contributed by atoms with Crippen molar-refractivity contribution >= 4 is 5.91 Å². The van der Waals surface area contributed by atoms with Gasteiger partial charge in [-0.2, -0.15) is 0 Å². The number of carbonyl (C=O) groups is 1. The Balaban J connectivity index is 1.55. The summed E-state index contributed by atoms with van der Waals surface area (Å²) in [5, 5.41) is 13.1. The van der Waals surface area contributed by atoms with Crippen molar-refractivity contribution < 1.29 is 9.90 Å². The zero-order valence-electron chi connectivity index (χ0n) is 14.0. The molecule has 2 N–H and O–H groups in total. The minimum absolute atomic E-state index is 0.00671. The number of carbonyl (C=O) groups excluding carboxylic acids is 1. The van der Waals surface area contributed by atoms with Gasteiger partial charge in [-0.25, -0.2) is 0 Å². The van der Waals surface area contributed by atoms with Crippen molar-refractivity contribution in [1.82, 2.24) is 14.8 Å². The molecule has 0 bridgehead atoms. The van der Waals surface area contributed by atoms with E-state index in [9.17, 15) is 9.90 Å². The van der Waals surface area contributed by atoms with E-state index in [4.69, 9.17) is 0 Å². The van der Waals surface area contributed by atoms with Gasteiger partial charge in [0.1, 0.15) is 6.04 Å². The maximum Gasteiger partial charge on any atom is 0.242 e. The largest absolute Gasteiger partial charge is 0.392 e.